The monoisotopic (exact) mass is 156 g/mol. The number of hydrogen-bond acceptors (Lipinski definition) is 2. The van der Waals surface area contributed by atoms with Gasteiger partial charge >= 0.3 is 0 Å². The first-order valence-corrected chi connectivity index (χ1v) is 3.09. The van der Waals surface area contributed by atoms with Crippen molar-refractivity contribution < 1.29 is 5.41 Å². The Kier molecular flexibility index (Phi) is 1.87. The van der Waals surface area contributed by atoms with E-state index in [1.807, 2.05) is 0 Å². The first-order valence-electron chi connectivity index (χ1n) is 2.71. The van der Waals surface area contributed by atoms with E-state index in [4.69, 9.17) is 22.7 Å². The smallest absolute Gasteiger partial charge is 0.188 e. The minimum atomic E-state index is 0.394. The Hall–Kier alpha value is -1.09. The second-order valence-corrected chi connectivity index (χ2v) is 2.16. The van der Waals surface area contributed by atoms with Gasteiger partial charge in [0.2, 0.25) is 0 Å². The molecule has 0 aliphatic rings. The molecule has 4 N–H and O–H groups in total. The van der Waals surface area contributed by atoms with Gasteiger partial charge in [-0.1, -0.05) is 11.6 Å². The summed E-state index contributed by atoms with van der Waals surface area (Å²) in [4.78, 5) is 3.85. The lowest BCUT2D eigenvalue weighted by atomic mass is 10.3. The molecule has 52 valence electrons. The normalized spacial score (nSPS) is 9.30. The molecule has 3 nitrogen and oxygen atoms in total. The molecule has 0 saturated heterocycles. The van der Waals surface area contributed by atoms with E-state index < -0.39 is 0 Å². The molecule has 0 aliphatic carbocycles. The molecule has 0 amide bonds. The van der Waals surface area contributed by atoms with E-state index >= 15 is 0 Å². The maximum absolute atomic E-state index is 5.55. The fourth-order valence-corrected chi connectivity index (χ4v) is 0.748. The van der Waals surface area contributed by atoms with Gasteiger partial charge in [-0.15, -0.1) is 0 Å². The lowest BCUT2D eigenvalue weighted by Crippen LogP contribution is -2.30. The number of halogens is 1. The molecule has 1 heterocycles. The highest BCUT2D eigenvalue weighted by Gasteiger charge is 1.98. The molecule has 1 aromatic rings. The molecule has 1 rings (SSSR count). The van der Waals surface area contributed by atoms with Crippen LogP contribution in [0.4, 0.5) is 5.69 Å². The summed E-state index contributed by atoms with van der Waals surface area (Å²) in [5.41, 5.74) is 6.52. The zero-order chi connectivity index (χ0) is 7.56. The van der Waals surface area contributed by atoms with Crippen LogP contribution >= 0.6 is 11.6 Å². The van der Waals surface area contributed by atoms with Crippen molar-refractivity contribution in [3.05, 3.63) is 23.0 Å². The topological polar surface area (TPSA) is 64.5 Å². The van der Waals surface area contributed by atoms with Gasteiger partial charge in [0.25, 0.3) is 0 Å². The number of hydrogen-bond donors (Lipinski definition) is 2. The molecular formula is C6H7ClN3+. The van der Waals surface area contributed by atoms with Crippen LogP contribution in [-0.2, 0) is 0 Å². The van der Waals surface area contributed by atoms with E-state index in [-0.39, 0.29) is 0 Å². The number of aromatic nitrogens is 1. The Balaban J connectivity index is 3.21. The quantitative estimate of drug-likeness (QED) is 0.425. The molecule has 0 atom stereocenters. The molecule has 0 radical (unpaired) electrons. The van der Waals surface area contributed by atoms with Crippen LogP contribution in [0.5, 0.6) is 0 Å². The van der Waals surface area contributed by atoms with Crippen molar-refractivity contribution in [3.8, 4) is 0 Å². The van der Waals surface area contributed by atoms with Crippen molar-refractivity contribution >= 4 is 23.5 Å². The van der Waals surface area contributed by atoms with Crippen molar-refractivity contribution in [2.24, 2.45) is 0 Å². The van der Waals surface area contributed by atoms with Crippen LogP contribution in [-0.4, -0.2) is 11.2 Å². The first kappa shape index (κ1) is 7.02. The van der Waals surface area contributed by atoms with Crippen molar-refractivity contribution in [1.82, 2.24) is 4.98 Å². The molecule has 0 aromatic carbocycles. The van der Waals surface area contributed by atoms with E-state index in [0.717, 1.165) is 0 Å². The van der Waals surface area contributed by atoms with Crippen molar-refractivity contribution in [1.29, 1.82) is 0 Å². The second kappa shape index (κ2) is 2.66. The molecule has 1 aromatic heterocycles. The van der Waals surface area contributed by atoms with Gasteiger partial charge in [0, 0.05) is 0 Å². The average Bonchev–Trinajstić information content (AvgIpc) is 1.94. The molecule has 4 heteroatoms. The highest BCUT2D eigenvalue weighted by atomic mass is 35.5. The van der Waals surface area contributed by atoms with Gasteiger partial charge in [0.1, 0.15) is 5.15 Å². The Morgan fingerprint density at radius 3 is 2.80 bits per heavy atom. The predicted octanol–water partition coefficient (Wildman–Crippen LogP) is -0.505. The van der Waals surface area contributed by atoms with Crippen molar-refractivity contribution in [3.63, 3.8) is 0 Å². The molecule has 0 spiro atoms. The average molecular weight is 157 g/mol. The fraction of sp³-hybridized carbons (Fsp3) is 0. The van der Waals surface area contributed by atoms with Gasteiger partial charge in [-0.05, 0) is 12.1 Å². The number of nitrogens with zero attached hydrogens (tertiary/aromatic N) is 1. The van der Waals surface area contributed by atoms with Crippen LogP contribution in [0.2, 0.25) is 5.15 Å². The Morgan fingerprint density at radius 1 is 1.60 bits per heavy atom. The maximum atomic E-state index is 5.55. The third-order valence-electron chi connectivity index (χ3n) is 1.08. The van der Waals surface area contributed by atoms with Crippen LogP contribution in [0, 0.1) is 0 Å². The van der Waals surface area contributed by atoms with Gasteiger partial charge < -0.3 is 5.73 Å². The third kappa shape index (κ3) is 1.25. The highest BCUT2D eigenvalue weighted by molar-refractivity contribution is 6.29. The summed E-state index contributed by atoms with van der Waals surface area (Å²) in [6, 6.07) is 3.28. The molecule has 0 fully saturated rings. The number of rotatable bonds is 1. The van der Waals surface area contributed by atoms with Crippen LogP contribution in [0.1, 0.15) is 5.69 Å². The van der Waals surface area contributed by atoms with Crippen LogP contribution in [0.3, 0.4) is 0 Å². The largest absolute Gasteiger partial charge is 0.397 e. The Bertz CT molecular complexity index is 259. The van der Waals surface area contributed by atoms with Crippen LogP contribution < -0.4 is 11.1 Å². The van der Waals surface area contributed by atoms with Gasteiger partial charge in [-0.25, -0.2) is 4.98 Å². The molecule has 0 aliphatic heterocycles. The van der Waals surface area contributed by atoms with Crippen molar-refractivity contribution in [2.75, 3.05) is 5.73 Å². The lowest BCUT2D eigenvalue weighted by Gasteiger charge is -1.94. The van der Waals surface area contributed by atoms with Gasteiger partial charge in [-0.3, -0.25) is 5.41 Å². The van der Waals surface area contributed by atoms with Crippen molar-refractivity contribution in [2.45, 2.75) is 0 Å². The Morgan fingerprint density at radius 2 is 2.30 bits per heavy atom. The van der Waals surface area contributed by atoms with E-state index in [0.29, 0.717) is 16.5 Å². The summed E-state index contributed by atoms with van der Waals surface area (Å²) in [5, 5.41) is 5.59. The molecule has 0 bridgehead atoms. The zero-order valence-corrected chi connectivity index (χ0v) is 5.97. The summed E-state index contributed by atoms with van der Waals surface area (Å²) in [6.07, 6.45) is 1.32. The second-order valence-electron chi connectivity index (χ2n) is 1.78. The molecular weight excluding hydrogens is 150 g/mol. The number of nitrogens with two attached hydrogens (primary N) is 2. The predicted molar refractivity (Wildman–Crippen MR) is 40.8 cm³/mol. The van der Waals surface area contributed by atoms with E-state index in [1.54, 1.807) is 12.1 Å². The van der Waals surface area contributed by atoms with Gasteiger partial charge in [-0.2, -0.15) is 0 Å². The van der Waals surface area contributed by atoms with E-state index in [2.05, 4.69) is 4.98 Å². The third-order valence-corrected chi connectivity index (χ3v) is 1.29. The van der Waals surface area contributed by atoms with E-state index in [9.17, 15) is 0 Å². The highest BCUT2D eigenvalue weighted by Crippen LogP contribution is 2.10. The number of anilines is 1. The standard InChI is InChI=1S/C6H6ClN3/c7-6-2-1-4(9)5(3-8)10-6/h1-3,8H,9H2/p+1. The van der Waals surface area contributed by atoms with Gasteiger partial charge in [0.15, 0.2) is 11.9 Å². The van der Waals surface area contributed by atoms with Crippen LogP contribution in [0.15, 0.2) is 12.1 Å². The fourth-order valence-electron chi connectivity index (χ4n) is 0.594. The lowest BCUT2D eigenvalue weighted by molar-refractivity contribution is -0.104. The Labute approximate surface area is 63.3 Å². The minimum Gasteiger partial charge on any atom is -0.397 e. The molecule has 0 saturated carbocycles. The number of pyridine rings is 1. The molecule has 10 heavy (non-hydrogen) atoms. The summed E-state index contributed by atoms with van der Waals surface area (Å²) >= 11 is 5.55. The maximum Gasteiger partial charge on any atom is 0.188 e. The first-order chi connectivity index (χ1) is 4.74. The van der Waals surface area contributed by atoms with E-state index in [1.165, 1.54) is 6.21 Å². The summed E-state index contributed by atoms with van der Waals surface area (Å²) < 4.78 is 0. The number of nitrogen functional groups attached to an aromatic ring is 1. The zero-order valence-electron chi connectivity index (χ0n) is 5.21. The van der Waals surface area contributed by atoms with Crippen LogP contribution in [0.25, 0.3) is 0 Å². The summed E-state index contributed by atoms with van der Waals surface area (Å²) in [6.45, 7) is 0. The SMILES string of the molecule is Nc1ccc(Cl)nc1C=[NH2+]. The summed E-state index contributed by atoms with van der Waals surface area (Å²) in [5.74, 6) is 0. The van der Waals surface area contributed by atoms with Gasteiger partial charge in [0.05, 0.1) is 5.69 Å². The minimum absolute atomic E-state index is 0.394. The molecule has 0 unspecified atom stereocenters. The summed E-state index contributed by atoms with van der Waals surface area (Å²) in [7, 11) is 0.